The molecule has 7 nitrogen and oxygen atoms in total. The molecular weight excluding hydrogens is 356 g/mol. The predicted molar refractivity (Wildman–Crippen MR) is 109 cm³/mol. The maximum Gasteiger partial charge on any atom is 0.229 e. The van der Waals surface area contributed by atoms with Gasteiger partial charge >= 0.3 is 0 Å². The van der Waals surface area contributed by atoms with Gasteiger partial charge in [0.2, 0.25) is 5.71 Å². The van der Waals surface area contributed by atoms with Crippen molar-refractivity contribution in [3.63, 3.8) is 0 Å². The number of fused-ring (bicyclic) bond motifs is 5. The largest absolute Gasteiger partial charge is 0.432 e. The van der Waals surface area contributed by atoms with Gasteiger partial charge in [0.15, 0.2) is 11.4 Å². The fraction of sp³-hybridized carbons (Fsp3) is 0.571. The molecule has 0 unspecified atom stereocenters. The summed E-state index contributed by atoms with van der Waals surface area (Å²) in [4.78, 5) is 15.7. The molecule has 0 radical (unpaired) electrons. The first-order valence-electron chi connectivity index (χ1n) is 9.84. The highest BCUT2D eigenvalue weighted by molar-refractivity contribution is 6.06. The summed E-state index contributed by atoms with van der Waals surface area (Å²) in [6, 6.07) is 0. The highest BCUT2D eigenvalue weighted by atomic mass is 16.5. The number of anilines is 1. The molecule has 4 rings (SSSR count). The first-order valence-corrected chi connectivity index (χ1v) is 9.84. The van der Waals surface area contributed by atoms with Crippen LogP contribution in [0.4, 0.5) is 5.82 Å². The van der Waals surface area contributed by atoms with E-state index in [1.54, 1.807) is 6.33 Å². The topological polar surface area (TPSA) is 84.5 Å². The minimum atomic E-state index is -0.247. The number of likely N-dealkylation sites (N-methyl/N-ethyl adjacent to an activating group) is 1. The molecule has 4 heterocycles. The van der Waals surface area contributed by atoms with Crippen LogP contribution in [0.2, 0.25) is 0 Å². The van der Waals surface area contributed by atoms with Gasteiger partial charge in [-0.1, -0.05) is 13.8 Å². The molecule has 28 heavy (non-hydrogen) atoms. The maximum atomic E-state index is 9.30. The number of hydrogen-bond acceptors (Lipinski definition) is 7. The van der Waals surface area contributed by atoms with Crippen LogP contribution in [0.3, 0.4) is 0 Å². The number of hydrogen-bond donors (Lipinski definition) is 1. The van der Waals surface area contributed by atoms with Crippen molar-refractivity contribution in [2.45, 2.75) is 52.7 Å². The molecular formula is C21H28N4O3. The summed E-state index contributed by atoms with van der Waals surface area (Å²) in [5, 5.41) is 10.3. The van der Waals surface area contributed by atoms with Crippen molar-refractivity contribution in [1.82, 2.24) is 15.0 Å². The van der Waals surface area contributed by atoms with Crippen LogP contribution in [-0.4, -0.2) is 45.9 Å². The summed E-state index contributed by atoms with van der Waals surface area (Å²) >= 11 is 0. The fourth-order valence-electron chi connectivity index (χ4n) is 3.94. The van der Waals surface area contributed by atoms with E-state index in [1.165, 1.54) is 11.1 Å². The van der Waals surface area contributed by atoms with Crippen LogP contribution in [0.5, 0.6) is 0 Å². The van der Waals surface area contributed by atoms with E-state index >= 15 is 0 Å². The average Bonchev–Trinajstić information content (AvgIpc) is 2.98. The Hall–Kier alpha value is -2.25. The molecule has 0 saturated heterocycles. The number of aliphatic hydroxyl groups excluding tert-OH is 1. The van der Waals surface area contributed by atoms with Crippen LogP contribution in [0.25, 0.3) is 22.2 Å². The van der Waals surface area contributed by atoms with E-state index in [0.717, 1.165) is 29.4 Å². The third-order valence-corrected chi connectivity index (χ3v) is 5.29. The molecule has 0 saturated carbocycles. The molecule has 7 heteroatoms. The van der Waals surface area contributed by atoms with Crippen LogP contribution in [0.15, 0.2) is 10.7 Å². The lowest BCUT2D eigenvalue weighted by Gasteiger charge is -2.33. The van der Waals surface area contributed by atoms with Gasteiger partial charge in [0.25, 0.3) is 0 Å². The van der Waals surface area contributed by atoms with Gasteiger partial charge in [-0.15, -0.1) is 0 Å². The van der Waals surface area contributed by atoms with E-state index in [4.69, 9.17) is 14.1 Å². The highest BCUT2D eigenvalue weighted by Crippen LogP contribution is 2.40. The minimum absolute atomic E-state index is 0.0416. The molecule has 1 aliphatic rings. The number of aliphatic hydroxyl groups is 1. The van der Waals surface area contributed by atoms with Crippen molar-refractivity contribution in [1.29, 1.82) is 0 Å². The number of nitrogens with zero attached hydrogens (tertiary/aromatic N) is 4. The van der Waals surface area contributed by atoms with Gasteiger partial charge in [-0.3, -0.25) is 0 Å². The Labute approximate surface area is 164 Å². The molecule has 150 valence electrons. The summed E-state index contributed by atoms with van der Waals surface area (Å²) < 4.78 is 12.3. The maximum absolute atomic E-state index is 9.30. The van der Waals surface area contributed by atoms with Gasteiger partial charge in [-0.25, -0.2) is 15.0 Å². The first-order chi connectivity index (χ1) is 13.3. The summed E-state index contributed by atoms with van der Waals surface area (Å²) in [6.07, 6.45) is 3.22. The van der Waals surface area contributed by atoms with Crippen molar-refractivity contribution in [2.75, 3.05) is 25.1 Å². The summed E-state index contributed by atoms with van der Waals surface area (Å²) in [7, 11) is 1.88. The quantitative estimate of drug-likeness (QED) is 0.723. The van der Waals surface area contributed by atoms with Crippen LogP contribution < -0.4 is 4.90 Å². The molecule has 1 aliphatic heterocycles. The Morgan fingerprint density at radius 1 is 1.25 bits per heavy atom. The fourth-order valence-corrected chi connectivity index (χ4v) is 3.94. The second kappa shape index (κ2) is 6.97. The molecule has 3 aromatic rings. The monoisotopic (exact) mass is 384 g/mol. The van der Waals surface area contributed by atoms with Crippen molar-refractivity contribution in [2.24, 2.45) is 5.92 Å². The molecule has 3 aromatic heterocycles. The zero-order chi connectivity index (χ0) is 20.1. The number of furan rings is 1. The molecule has 0 fully saturated rings. The van der Waals surface area contributed by atoms with Gasteiger partial charge in [0.1, 0.15) is 11.8 Å². The van der Waals surface area contributed by atoms with Gasteiger partial charge in [-0.2, -0.15) is 0 Å². The molecule has 0 aromatic carbocycles. The Kier molecular flexibility index (Phi) is 4.75. The van der Waals surface area contributed by atoms with E-state index in [9.17, 15) is 5.11 Å². The number of ether oxygens (including phenoxy) is 1. The zero-order valence-corrected chi connectivity index (χ0v) is 17.2. The normalized spacial score (nSPS) is 16.1. The van der Waals surface area contributed by atoms with Gasteiger partial charge in [0, 0.05) is 25.6 Å². The van der Waals surface area contributed by atoms with Crippen LogP contribution in [0.1, 0.15) is 44.5 Å². The second-order valence-electron chi connectivity index (χ2n) is 8.64. The van der Waals surface area contributed by atoms with Crippen molar-refractivity contribution >= 4 is 28.0 Å². The standard InChI is InChI=1S/C21H28N4O3/c1-12(2)8-15-14-10-27-21(3,4)9-13(14)16-17-18(28-20(16)24-15)19(23-11-22-17)25(5)6-7-26/h11-12,26H,6-10H2,1-5H3. The first kappa shape index (κ1) is 19.1. The molecule has 0 spiro atoms. The second-order valence-corrected chi connectivity index (χ2v) is 8.64. The third kappa shape index (κ3) is 3.22. The lowest BCUT2D eigenvalue weighted by atomic mass is 9.88. The average molecular weight is 384 g/mol. The third-order valence-electron chi connectivity index (χ3n) is 5.29. The molecule has 0 bridgehead atoms. The number of aromatic nitrogens is 3. The Balaban J connectivity index is 2.01. The van der Waals surface area contributed by atoms with E-state index in [0.29, 0.717) is 36.2 Å². The van der Waals surface area contributed by atoms with Crippen molar-refractivity contribution in [3.8, 4) is 0 Å². The minimum Gasteiger partial charge on any atom is -0.432 e. The number of rotatable bonds is 5. The van der Waals surface area contributed by atoms with Crippen LogP contribution in [0, 0.1) is 5.92 Å². The van der Waals surface area contributed by atoms with Gasteiger partial charge in [0.05, 0.1) is 29.9 Å². The zero-order valence-electron chi connectivity index (χ0n) is 17.2. The Morgan fingerprint density at radius 3 is 2.75 bits per heavy atom. The summed E-state index contributed by atoms with van der Waals surface area (Å²) in [5.41, 5.74) is 5.21. The summed E-state index contributed by atoms with van der Waals surface area (Å²) in [6.45, 7) is 9.68. The predicted octanol–water partition coefficient (Wildman–Crippen LogP) is 3.25. The van der Waals surface area contributed by atoms with E-state index in [2.05, 4.69) is 37.7 Å². The van der Waals surface area contributed by atoms with E-state index in [-0.39, 0.29) is 12.2 Å². The van der Waals surface area contributed by atoms with Gasteiger partial charge in [-0.05, 0) is 31.7 Å². The molecule has 0 amide bonds. The van der Waals surface area contributed by atoms with E-state index in [1.807, 2.05) is 11.9 Å². The Morgan fingerprint density at radius 2 is 2.04 bits per heavy atom. The SMILES string of the molecule is CC(C)Cc1nc2oc3c(N(C)CCO)ncnc3c2c2c1COC(C)(C)C2. The lowest BCUT2D eigenvalue weighted by Crippen LogP contribution is -2.33. The lowest BCUT2D eigenvalue weighted by molar-refractivity contribution is -0.0402. The highest BCUT2D eigenvalue weighted by Gasteiger charge is 2.32. The van der Waals surface area contributed by atoms with Gasteiger partial charge < -0.3 is 19.2 Å². The molecule has 0 aliphatic carbocycles. The number of pyridine rings is 1. The van der Waals surface area contributed by atoms with Crippen LogP contribution in [-0.2, 0) is 24.2 Å². The molecule has 1 N–H and O–H groups in total. The van der Waals surface area contributed by atoms with Crippen LogP contribution >= 0.6 is 0 Å². The molecule has 0 atom stereocenters. The van der Waals surface area contributed by atoms with E-state index < -0.39 is 0 Å². The summed E-state index contributed by atoms with van der Waals surface area (Å²) in [5.74, 6) is 1.15. The van der Waals surface area contributed by atoms with Crippen molar-refractivity contribution in [3.05, 3.63) is 23.1 Å². The smallest absolute Gasteiger partial charge is 0.229 e. The van der Waals surface area contributed by atoms with Crippen molar-refractivity contribution < 1.29 is 14.3 Å². The Bertz CT molecular complexity index is 1030.